The topological polar surface area (TPSA) is 79.5 Å². The van der Waals surface area contributed by atoms with Gasteiger partial charge in [-0.15, -0.1) is 0 Å². The van der Waals surface area contributed by atoms with Gasteiger partial charge in [0.25, 0.3) is 0 Å². The Balaban J connectivity index is 1.63. The number of aromatic amines is 1. The first-order valence-corrected chi connectivity index (χ1v) is 11.2. The lowest BCUT2D eigenvalue weighted by atomic mass is 10.1. The Morgan fingerprint density at radius 3 is 2.68 bits per heavy atom. The minimum absolute atomic E-state index is 0.434. The van der Waals surface area contributed by atoms with Crippen molar-refractivity contribution in [1.29, 1.82) is 5.26 Å². The molecular weight excluding hydrogens is 422 g/mol. The SMILES string of the molecule is CCCOc1cccc(-c2nn(-c3ccccc3)cc2/C=C(/C#N)c2nc3ccccc3[nH]2)c1. The summed E-state index contributed by atoms with van der Waals surface area (Å²) in [4.78, 5) is 7.85. The highest BCUT2D eigenvalue weighted by atomic mass is 16.5. The second-order valence-corrected chi connectivity index (χ2v) is 7.86. The van der Waals surface area contributed by atoms with Crippen LogP contribution in [0.3, 0.4) is 0 Å². The van der Waals surface area contributed by atoms with Crippen LogP contribution in [0.25, 0.3) is 39.6 Å². The molecule has 6 heteroatoms. The van der Waals surface area contributed by atoms with E-state index in [1.807, 2.05) is 95.8 Å². The summed E-state index contributed by atoms with van der Waals surface area (Å²) in [6.07, 6.45) is 4.70. The summed E-state index contributed by atoms with van der Waals surface area (Å²) in [6, 6.07) is 27.8. The normalized spacial score (nSPS) is 11.5. The Morgan fingerprint density at radius 1 is 1.06 bits per heavy atom. The molecule has 3 aromatic carbocycles. The van der Waals surface area contributed by atoms with Crippen LogP contribution in [-0.2, 0) is 0 Å². The van der Waals surface area contributed by atoms with E-state index in [0.29, 0.717) is 18.0 Å². The fourth-order valence-corrected chi connectivity index (χ4v) is 3.77. The first-order valence-electron chi connectivity index (χ1n) is 11.2. The van der Waals surface area contributed by atoms with Crippen molar-refractivity contribution >= 4 is 22.7 Å². The number of benzene rings is 3. The molecule has 0 spiro atoms. The molecule has 0 radical (unpaired) electrons. The van der Waals surface area contributed by atoms with Gasteiger partial charge in [0.1, 0.15) is 23.3 Å². The van der Waals surface area contributed by atoms with Gasteiger partial charge in [-0.2, -0.15) is 10.4 Å². The predicted octanol–water partition coefficient (Wildman–Crippen LogP) is 6.27. The van der Waals surface area contributed by atoms with Crippen molar-refractivity contribution in [2.45, 2.75) is 13.3 Å². The number of hydrogen-bond donors (Lipinski definition) is 1. The molecule has 0 fully saturated rings. The van der Waals surface area contributed by atoms with Gasteiger partial charge in [-0.05, 0) is 48.9 Å². The molecule has 0 aliphatic rings. The Morgan fingerprint density at radius 2 is 1.88 bits per heavy atom. The van der Waals surface area contributed by atoms with Gasteiger partial charge in [0, 0.05) is 17.3 Å². The third kappa shape index (κ3) is 4.32. The summed E-state index contributed by atoms with van der Waals surface area (Å²) in [7, 11) is 0. The molecule has 0 aliphatic carbocycles. The maximum Gasteiger partial charge on any atom is 0.149 e. The van der Waals surface area contributed by atoms with Crippen molar-refractivity contribution in [3.63, 3.8) is 0 Å². The van der Waals surface area contributed by atoms with E-state index in [0.717, 1.165) is 45.7 Å². The third-order valence-corrected chi connectivity index (χ3v) is 5.41. The van der Waals surface area contributed by atoms with Gasteiger partial charge in [0.05, 0.1) is 28.9 Å². The van der Waals surface area contributed by atoms with Crippen molar-refractivity contribution in [1.82, 2.24) is 19.7 Å². The Hall–Kier alpha value is -4.63. The molecule has 34 heavy (non-hydrogen) atoms. The van der Waals surface area contributed by atoms with Gasteiger partial charge in [0.2, 0.25) is 0 Å². The quantitative estimate of drug-likeness (QED) is 0.300. The highest BCUT2D eigenvalue weighted by molar-refractivity contribution is 5.92. The molecule has 0 saturated carbocycles. The van der Waals surface area contributed by atoms with Crippen LogP contribution in [0.2, 0.25) is 0 Å². The molecule has 0 aliphatic heterocycles. The number of H-pyrrole nitrogens is 1. The molecule has 166 valence electrons. The number of aromatic nitrogens is 4. The molecule has 1 N–H and O–H groups in total. The van der Waals surface area contributed by atoms with E-state index in [-0.39, 0.29) is 0 Å². The number of hydrogen-bond acceptors (Lipinski definition) is 4. The van der Waals surface area contributed by atoms with Gasteiger partial charge in [-0.25, -0.2) is 9.67 Å². The van der Waals surface area contributed by atoms with Crippen LogP contribution in [0.4, 0.5) is 0 Å². The van der Waals surface area contributed by atoms with Crippen LogP contribution < -0.4 is 4.74 Å². The molecule has 0 amide bonds. The summed E-state index contributed by atoms with van der Waals surface area (Å²) >= 11 is 0. The molecular formula is C28H23N5O. The van der Waals surface area contributed by atoms with E-state index in [1.165, 1.54) is 0 Å². The minimum atomic E-state index is 0.434. The van der Waals surface area contributed by atoms with Crippen LogP contribution in [0.1, 0.15) is 24.7 Å². The zero-order chi connectivity index (χ0) is 23.3. The second-order valence-electron chi connectivity index (χ2n) is 7.86. The molecule has 5 rings (SSSR count). The number of para-hydroxylation sites is 3. The third-order valence-electron chi connectivity index (χ3n) is 5.41. The summed E-state index contributed by atoms with van der Waals surface area (Å²) in [6.45, 7) is 2.73. The smallest absolute Gasteiger partial charge is 0.149 e. The lowest BCUT2D eigenvalue weighted by Crippen LogP contribution is -1.96. The fourth-order valence-electron chi connectivity index (χ4n) is 3.77. The Labute approximate surface area is 197 Å². The summed E-state index contributed by atoms with van der Waals surface area (Å²) in [5.74, 6) is 1.32. The molecule has 0 unspecified atom stereocenters. The summed E-state index contributed by atoms with van der Waals surface area (Å²) in [5.41, 5.74) is 5.56. The van der Waals surface area contributed by atoms with Gasteiger partial charge in [0.15, 0.2) is 0 Å². The van der Waals surface area contributed by atoms with Crippen molar-refractivity contribution in [3.05, 3.63) is 96.4 Å². The van der Waals surface area contributed by atoms with Gasteiger partial charge >= 0.3 is 0 Å². The average molecular weight is 446 g/mol. The number of imidazole rings is 1. The van der Waals surface area contributed by atoms with Crippen molar-refractivity contribution in [2.24, 2.45) is 0 Å². The van der Waals surface area contributed by atoms with Crippen LogP contribution in [0.15, 0.2) is 85.1 Å². The number of allylic oxidation sites excluding steroid dienone is 1. The number of nitrogens with one attached hydrogen (secondary N) is 1. The minimum Gasteiger partial charge on any atom is -0.494 e. The number of ether oxygens (including phenoxy) is 1. The number of nitrogens with zero attached hydrogens (tertiary/aromatic N) is 4. The maximum atomic E-state index is 9.97. The van der Waals surface area contributed by atoms with Gasteiger partial charge in [-0.1, -0.05) is 49.4 Å². The second kappa shape index (κ2) is 9.47. The van der Waals surface area contributed by atoms with E-state index < -0.39 is 0 Å². The lowest BCUT2D eigenvalue weighted by molar-refractivity contribution is 0.317. The van der Waals surface area contributed by atoms with Crippen molar-refractivity contribution < 1.29 is 4.74 Å². The zero-order valence-electron chi connectivity index (χ0n) is 18.8. The van der Waals surface area contributed by atoms with E-state index in [1.54, 1.807) is 0 Å². The Kier molecular flexibility index (Phi) is 5.91. The molecule has 0 atom stereocenters. The largest absolute Gasteiger partial charge is 0.494 e. The highest BCUT2D eigenvalue weighted by Gasteiger charge is 2.15. The molecule has 0 saturated heterocycles. The predicted molar refractivity (Wildman–Crippen MR) is 134 cm³/mol. The zero-order valence-corrected chi connectivity index (χ0v) is 18.8. The summed E-state index contributed by atoms with van der Waals surface area (Å²) < 4.78 is 7.66. The molecule has 0 bridgehead atoms. The van der Waals surface area contributed by atoms with Gasteiger partial charge in [-0.3, -0.25) is 0 Å². The van der Waals surface area contributed by atoms with E-state index in [9.17, 15) is 5.26 Å². The molecule has 5 aromatic rings. The van der Waals surface area contributed by atoms with Crippen LogP contribution in [0.5, 0.6) is 5.75 Å². The molecule has 2 heterocycles. The maximum absolute atomic E-state index is 9.97. The van der Waals surface area contributed by atoms with E-state index in [2.05, 4.69) is 23.0 Å². The summed E-state index contributed by atoms with van der Waals surface area (Å²) in [5, 5.41) is 14.8. The fraction of sp³-hybridized carbons (Fsp3) is 0.107. The first-order chi connectivity index (χ1) is 16.7. The van der Waals surface area contributed by atoms with Crippen molar-refractivity contribution in [3.8, 4) is 28.8 Å². The monoisotopic (exact) mass is 445 g/mol. The average Bonchev–Trinajstić information content (AvgIpc) is 3.51. The van der Waals surface area contributed by atoms with E-state index in [4.69, 9.17) is 9.84 Å². The van der Waals surface area contributed by atoms with E-state index >= 15 is 0 Å². The number of fused-ring (bicyclic) bond motifs is 1. The van der Waals surface area contributed by atoms with Gasteiger partial charge < -0.3 is 9.72 Å². The lowest BCUT2D eigenvalue weighted by Gasteiger charge is -2.06. The molecule has 6 nitrogen and oxygen atoms in total. The standard InChI is InChI=1S/C28H23N5O/c1-2-15-34-24-12-8-9-20(17-24)27-22(19-33(32-27)23-10-4-3-5-11-23)16-21(18-29)28-30-25-13-6-7-14-26(25)31-28/h3-14,16-17,19H,2,15H2,1H3,(H,30,31)/b21-16-. The number of nitriles is 1. The van der Waals surface area contributed by atoms with Crippen LogP contribution >= 0.6 is 0 Å². The highest BCUT2D eigenvalue weighted by Crippen LogP contribution is 2.30. The molecule has 2 aromatic heterocycles. The van der Waals surface area contributed by atoms with Crippen molar-refractivity contribution in [2.75, 3.05) is 6.61 Å². The first kappa shape index (κ1) is 21.2. The van der Waals surface area contributed by atoms with Crippen LogP contribution in [-0.4, -0.2) is 26.4 Å². The Bertz CT molecular complexity index is 1470. The van der Waals surface area contributed by atoms with Crippen LogP contribution in [0, 0.1) is 11.3 Å². The number of rotatable bonds is 7.